The summed E-state index contributed by atoms with van der Waals surface area (Å²) in [6.45, 7) is 1.87. The molecular weight excluding hydrogens is 202 g/mol. The summed E-state index contributed by atoms with van der Waals surface area (Å²) in [5, 5.41) is 0. The maximum absolute atomic E-state index is 5.50. The molecule has 0 amide bonds. The Morgan fingerprint density at radius 1 is 0.933 bits per heavy atom. The van der Waals surface area contributed by atoms with Crippen LogP contribution < -0.4 is 5.90 Å². The maximum atomic E-state index is 5.50. The average molecular weight is 221 g/mol. The summed E-state index contributed by atoms with van der Waals surface area (Å²) in [5.41, 5.74) is 0. The molecule has 1 saturated heterocycles. The lowest BCUT2D eigenvalue weighted by molar-refractivity contribution is -0.306. The molecule has 1 rings (SSSR count). The molecule has 1 aliphatic heterocycles. The number of hydrogen-bond donors (Lipinski definition) is 1. The molecule has 5 atom stereocenters. The van der Waals surface area contributed by atoms with Crippen LogP contribution in [0.3, 0.4) is 0 Å². The second-order valence-corrected chi connectivity index (χ2v) is 3.45. The summed E-state index contributed by atoms with van der Waals surface area (Å²) in [5.74, 6) is 5.13. The number of methoxy groups -OCH3 is 3. The third kappa shape index (κ3) is 2.47. The standard InChI is InChI=1S/C9H19NO5/c1-5-6(11-2)7(12-3)8(13-4)9(14-5)15-10/h5-9H,10H2,1-4H3/t5-,6-,7-,8-,9-/m0/s1. The molecule has 0 unspecified atom stereocenters. The van der Waals surface area contributed by atoms with Gasteiger partial charge in [0.05, 0.1) is 6.10 Å². The molecule has 0 aromatic heterocycles. The molecule has 0 saturated carbocycles. The smallest absolute Gasteiger partial charge is 0.206 e. The average Bonchev–Trinajstić information content (AvgIpc) is 2.27. The van der Waals surface area contributed by atoms with Gasteiger partial charge in [-0.3, -0.25) is 4.84 Å². The Labute approximate surface area is 89.5 Å². The van der Waals surface area contributed by atoms with Crippen molar-refractivity contribution in [1.29, 1.82) is 0 Å². The number of hydrogen-bond acceptors (Lipinski definition) is 6. The molecule has 0 aromatic carbocycles. The minimum absolute atomic E-state index is 0.167. The van der Waals surface area contributed by atoms with Crippen molar-refractivity contribution in [3.8, 4) is 0 Å². The van der Waals surface area contributed by atoms with Crippen LogP contribution in [0.25, 0.3) is 0 Å². The van der Waals surface area contributed by atoms with Gasteiger partial charge in [0.15, 0.2) is 0 Å². The Morgan fingerprint density at radius 2 is 1.47 bits per heavy atom. The molecule has 2 N–H and O–H groups in total. The van der Waals surface area contributed by atoms with Crippen molar-refractivity contribution >= 4 is 0 Å². The van der Waals surface area contributed by atoms with E-state index >= 15 is 0 Å². The van der Waals surface area contributed by atoms with Gasteiger partial charge in [-0.1, -0.05) is 0 Å². The second kappa shape index (κ2) is 5.74. The largest absolute Gasteiger partial charge is 0.376 e. The fraction of sp³-hybridized carbons (Fsp3) is 1.00. The maximum Gasteiger partial charge on any atom is 0.206 e. The van der Waals surface area contributed by atoms with Crippen molar-refractivity contribution in [3.63, 3.8) is 0 Å². The first-order chi connectivity index (χ1) is 7.19. The van der Waals surface area contributed by atoms with Crippen LogP contribution in [-0.2, 0) is 23.8 Å². The Kier molecular flexibility index (Phi) is 4.91. The van der Waals surface area contributed by atoms with Crippen LogP contribution in [0.2, 0.25) is 0 Å². The first kappa shape index (κ1) is 12.8. The van der Waals surface area contributed by atoms with Gasteiger partial charge in [-0.2, -0.15) is 0 Å². The van der Waals surface area contributed by atoms with E-state index in [2.05, 4.69) is 0 Å². The molecule has 90 valence electrons. The highest BCUT2D eigenvalue weighted by atomic mass is 16.8. The highest BCUT2D eigenvalue weighted by Crippen LogP contribution is 2.26. The molecular formula is C9H19NO5. The van der Waals surface area contributed by atoms with Crippen molar-refractivity contribution in [2.45, 2.75) is 37.6 Å². The van der Waals surface area contributed by atoms with Gasteiger partial charge in [0.25, 0.3) is 0 Å². The predicted octanol–water partition coefficient (Wildman–Crippen LogP) is -0.333. The van der Waals surface area contributed by atoms with Crippen molar-refractivity contribution in [1.82, 2.24) is 0 Å². The van der Waals surface area contributed by atoms with Gasteiger partial charge in [-0.15, -0.1) is 0 Å². The van der Waals surface area contributed by atoms with Gasteiger partial charge in [-0.25, -0.2) is 5.90 Å². The molecule has 1 aliphatic rings. The number of rotatable bonds is 4. The van der Waals surface area contributed by atoms with E-state index in [9.17, 15) is 0 Å². The zero-order valence-electron chi connectivity index (χ0n) is 9.51. The highest BCUT2D eigenvalue weighted by molar-refractivity contribution is 4.90. The summed E-state index contributed by atoms with van der Waals surface area (Å²) in [6.07, 6.45) is -1.67. The van der Waals surface area contributed by atoms with E-state index < -0.39 is 12.4 Å². The molecule has 0 radical (unpaired) electrons. The van der Waals surface area contributed by atoms with Gasteiger partial charge >= 0.3 is 0 Å². The molecule has 6 nitrogen and oxygen atoms in total. The molecule has 0 aliphatic carbocycles. The van der Waals surface area contributed by atoms with Crippen LogP contribution in [-0.4, -0.2) is 52.0 Å². The third-order valence-electron chi connectivity index (χ3n) is 2.68. The number of nitrogens with two attached hydrogens (primary N) is 1. The summed E-state index contributed by atoms with van der Waals surface area (Å²) in [4.78, 5) is 4.71. The lowest BCUT2D eigenvalue weighted by atomic mass is 9.99. The van der Waals surface area contributed by atoms with Gasteiger partial charge in [-0.05, 0) is 6.92 Å². The Hall–Kier alpha value is -0.240. The van der Waals surface area contributed by atoms with E-state index in [1.165, 1.54) is 0 Å². The summed E-state index contributed by atoms with van der Waals surface area (Å²) in [7, 11) is 4.75. The minimum atomic E-state index is -0.638. The molecule has 0 spiro atoms. The Morgan fingerprint density at radius 3 is 1.87 bits per heavy atom. The minimum Gasteiger partial charge on any atom is -0.376 e. The topological polar surface area (TPSA) is 72.2 Å². The van der Waals surface area contributed by atoms with E-state index in [-0.39, 0.29) is 18.3 Å². The van der Waals surface area contributed by atoms with Crippen molar-refractivity contribution in [3.05, 3.63) is 0 Å². The molecule has 6 heteroatoms. The van der Waals surface area contributed by atoms with E-state index in [4.69, 9.17) is 29.7 Å². The lowest BCUT2D eigenvalue weighted by Gasteiger charge is -2.42. The summed E-state index contributed by atoms with van der Waals surface area (Å²) >= 11 is 0. The van der Waals surface area contributed by atoms with Crippen LogP contribution >= 0.6 is 0 Å². The lowest BCUT2D eigenvalue weighted by Crippen LogP contribution is -2.59. The highest BCUT2D eigenvalue weighted by Gasteiger charge is 2.45. The normalized spacial score (nSPS) is 41.8. The van der Waals surface area contributed by atoms with Crippen LogP contribution in [0.5, 0.6) is 0 Å². The monoisotopic (exact) mass is 221 g/mol. The Balaban J connectivity index is 2.80. The van der Waals surface area contributed by atoms with Crippen LogP contribution in [0, 0.1) is 0 Å². The first-order valence-electron chi connectivity index (χ1n) is 4.79. The van der Waals surface area contributed by atoms with E-state index in [1.807, 2.05) is 6.92 Å². The fourth-order valence-corrected chi connectivity index (χ4v) is 1.92. The van der Waals surface area contributed by atoms with Gasteiger partial charge in [0.1, 0.15) is 18.3 Å². The molecule has 0 bridgehead atoms. The molecule has 1 fully saturated rings. The van der Waals surface area contributed by atoms with E-state index in [1.54, 1.807) is 21.3 Å². The van der Waals surface area contributed by atoms with Crippen molar-refractivity contribution in [2.75, 3.05) is 21.3 Å². The number of ether oxygens (including phenoxy) is 4. The van der Waals surface area contributed by atoms with Gasteiger partial charge in [0.2, 0.25) is 6.29 Å². The second-order valence-electron chi connectivity index (χ2n) is 3.45. The SMILES string of the molecule is CO[C@@H]1[C@H](OC)[C@H](ON)O[C@@H](C)[C@@H]1OC. The van der Waals surface area contributed by atoms with Crippen molar-refractivity contribution < 1.29 is 23.8 Å². The van der Waals surface area contributed by atoms with Gasteiger partial charge < -0.3 is 18.9 Å². The van der Waals surface area contributed by atoms with Gasteiger partial charge in [0, 0.05) is 21.3 Å². The quantitative estimate of drug-likeness (QED) is 0.655. The van der Waals surface area contributed by atoms with E-state index in [0.29, 0.717) is 0 Å². The van der Waals surface area contributed by atoms with Crippen molar-refractivity contribution in [2.24, 2.45) is 5.90 Å². The van der Waals surface area contributed by atoms with Crippen LogP contribution in [0.4, 0.5) is 0 Å². The fourth-order valence-electron chi connectivity index (χ4n) is 1.92. The zero-order valence-corrected chi connectivity index (χ0v) is 9.51. The Bertz CT molecular complexity index is 191. The molecule has 0 aromatic rings. The van der Waals surface area contributed by atoms with Crippen LogP contribution in [0.1, 0.15) is 6.92 Å². The summed E-state index contributed by atoms with van der Waals surface area (Å²) < 4.78 is 21.4. The predicted molar refractivity (Wildman–Crippen MR) is 52.0 cm³/mol. The zero-order chi connectivity index (χ0) is 11.4. The first-order valence-corrected chi connectivity index (χ1v) is 4.79. The van der Waals surface area contributed by atoms with E-state index in [0.717, 1.165) is 0 Å². The molecule has 15 heavy (non-hydrogen) atoms. The third-order valence-corrected chi connectivity index (χ3v) is 2.68. The van der Waals surface area contributed by atoms with Crippen LogP contribution in [0.15, 0.2) is 0 Å². The summed E-state index contributed by atoms with van der Waals surface area (Å²) in [6, 6.07) is 0. The molecule has 1 heterocycles.